The lowest BCUT2D eigenvalue weighted by Crippen LogP contribution is -2.53. The maximum atomic E-state index is 14.2. The van der Waals surface area contributed by atoms with Gasteiger partial charge in [0, 0.05) is 12.1 Å². The minimum atomic E-state index is -1.18. The van der Waals surface area contributed by atoms with Crippen molar-refractivity contribution < 1.29 is 24.2 Å². The average molecular weight is 571 g/mol. The molecule has 0 saturated heterocycles. The van der Waals surface area contributed by atoms with Gasteiger partial charge in [0.1, 0.15) is 30.0 Å². The van der Waals surface area contributed by atoms with Gasteiger partial charge in [-0.25, -0.2) is 4.79 Å². The molecule has 3 amide bonds. The molecule has 42 heavy (non-hydrogen) atoms. The van der Waals surface area contributed by atoms with Crippen LogP contribution in [0.25, 0.3) is 0 Å². The van der Waals surface area contributed by atoms with Crippen LogP contribution in [0.3, 0.4) is 0 Å². The average Bonchev–Trinajstić information content (AvgIpc) is 2.94. The topological polar surface area (TPSA) is 132 Å². The van der Waals surface area contributed by atoms with Crippen molar-refractivity contribution in [3.8, 4) is 11.8 Å². The van der Waals surface area contributed by atoms with Crippen molar-refractivity contribution in [2.24, 2.45) is 0 Å². The number of ether oxygens (including phenoxy) is 1. The first-order valence-corrected chi connectivity index (χ1v) is 13.8. The molecule has 0 spiro atoms. The number of aromatic hydroxyl groups is 1. The number of amides is 3. The normalized spacial score (nSPS) is 12.4. The van der Waals surface area contributed by atoms with Crippen LogP contribution >= 0.6 is 0 Å². The van der Waals surface area contributed by atoms with Crippen molar-refractivity contribution in [1.82, 2.24) is 10.2 Å². The molecule has 2 unspecified atom stereocenters. The monoisotopic (exact) mass is 570 g/mol. The number of hydrogen-bond acceptors (Lipinski definition) is 6. The Hall–Kier alpha value is -4.84. The van der Waals surface area contributed by atoms with E-state index >= 15 is 0 Å². The summed E-state index contributed by atoms with van der Waals surface area (Å²) in [7, 11) is 0. The number of carbonyl (C=O) groups excluding carboxylic acids is 3. The van der Waals surface area contributed by atoms with Crippen LogP contribution in [0.5, 0.6) is 5.75 Å². The number of hydrogen-bond donors (Lipinski definition) is 3. The maximum absolute atomic E-state index is 14.2. The molecule has 3 aromatic carbocycles. The predicted octanol–water partition coefficient (Wildman–Crippen LogP) is 5.43. The Morgan fingerprint density at radius 3 is 2.17 bits per heavy atom. The number of nitrogens with one attached hydrogen (secondary N) is 2. The molecule has 3 aromatic rings. The smallest absolute Gasteiger partial charge is 0.408 e. The Balaban J connectivity index is 2.06. The molecule has 0 radical (unpaired) electrons. The summed E-state index contributed by atoms with van der Waals surface area (Å²) in [5.41, 5.74) is 2.80. The first-order valence-electron chi connectivity index (χ1n) is 13.8. The van der Waals surface area contributed by atoms with E-state index in [0.717, 1.165) is 17.5 Å². The summed E-state index contributed by atoms with van der Waals surface area (Å²) in [6.07, 6.45) is 0.00132. The molecule has 0 aromatic heterocycles. The lowest BCUT2D eigenvalue weighted by Gasteiger charge is -2.33. The molecule has 220 valence electrons. The van der Waals surface area contributed by atoms with Crippen LogP contribution in [0, 0.1) is 18.3 Å². The number of nitriles is 1. The van der Waals surface area contributed by atoms with Crippen LogP contribution in [0.2, 0.25) is 0 Å². The minimum Gasteiger partial charge on any atom is -0.508 e. The highest BCUT2D eigenvalue weighted by molar-refractivity contribution is 5.99. The van der Waals surface area contributed by atoms with Crippen LogP contribution < -0.4 is 10.6 Å². The lowest BCUT2D eigenvalue weighted by molar-refractivity contribution is -0.140. The zero-order valence-corrected chi connectivity index (χ0v) is 24.7. The van der Waals surface area contributed by atoms with E-state index < -0.39 is 42.1 Å². The summed E-state index contributed by atoms with van der Waals surface area (Å²) in [6, 6.07) is 20.5. The van der Waals surface area contributed by atoms with Gasteiger partial charge in [-0.3, -0.25) is 9.59 Å². The Morgan fingerprint density at radius 1 is 0.976 bits per heavy atom. The summed E-state index contributed by atoms with van der Waals surface area (Å²) >= 11 is 0. The number of phenolic OH excluding ortho intramolecular Hbond substituents is 1. The van der Waals surface area contributed by atoms with E-state index in [4.69, 9.17) is 4.74 Å². The van der Waals surface area contributed by atoms with Gasteiger partial charge in [0.15, 0.2) is 0 Å². The van der Waals surface area contributed by atoms with E-state index in [9.17, 15) is 24.8 Å². The van der Waals surface area contributed by atoms with Crippen molar-refractivity contribution >= 4 is 23.6 Å². The largest absolute Gasteiger partial charge is 0.508 e. The third-order valence-corrected chi connectivity index (χ3v) is 6.56. The van der Waals surface area contributed by atoms with Gasteiger partial charge in [0.25, 0.3) is 5.91 Å². The van der Waals surface area contributed by atoms with Gasteiger partial charge in [-0.1, -0.05) is 61.5 Å². The summed E-state index contributed by atoms with van der Waals surface area (Å²) in [4.78, 5) is 42.2. The van der Waals surface area contributed by atoms with Crippen LogP contribution in [0.4, 0.5) is 10.5 Å². The Labute approximate surface area is 247 Å². The third kappa shape index (κ3) is 8.83. The van der Waals surface area contributed by atoms with Gasteiger partial charge in [0.2, 0.25) is 5.91 Å². The van der Waals surface area contributed by atoms with Crippen molar-refractivity contribution in [3.63, 3.8) is 0 Å². The van der Waals surface area contributed by atoms with Gasteiger partial charge < -0.3 is 25.4 Å². The van der Waals surface area contributed by atoms with Crippen molar-refractivity contribution in [2.75, 3.05) is 11.9 Å². The van der Waals surface area contributed by atoms with Crippen molar-refractivity contribution in [1.29, 1.82) is 5.26 Å². The molecule has 3 N–H and O–H groups in total. The molecular weight excluding hydrogens is 532 g/mol. The molecule has 0 aliphatic rings. The number of para-hydroxylation sites is 1. The predicted molar refractivity (Wildman–Crippen MR) is 161 cm³/mol. The van der Waals surface area contributed by atoms with Gasteiger partial charge in [0.05, 0.1) is 6.07 Å². The van der Waals surface area contributed by atoms with E-state index in [-0.39, 0.29) is 12.2 Å². The summed E-state index contributed by atoms with van der Waals surface area (Å²) in [5.74, 6) is -1.09. The molecule has 0 bridgehead atoms. The molecule has 0 aliphatic heterocycles. The van der Waals surface area contributed by atoms with Gasteiger partial charge in [-0.2, -0.15) is 5.26 Å². The molecule has 3 rings (SSSR count). The Kier molecular flexibility index (Phi) is 10.7. The van der Waals surface area contributed by atoms with Crippen LogP contribution in [-0.4, -0.2) is 46.1 Å². The van der Waals surface area contributed by atoms with E-state index in [1.807, 2.05) is 44.2 Å². The highest BCUT2D eigenvalue weighted by Crippen LogP contribution is 2.26. The molecule has 9 heteroatoms. The second-order valence-electron chi connectivity index (χ2n) is 11.0. The molecule has 0 fully saturated rings. The number of phenols is 1. The second kappa shape index (κ2) is 14.2. The highest BCUT2D eigenvalue weighted by Gasteiger charge is 2.36. The van der Waals surface area contributed by atoms with E-state index in [0.29, 0.717) is 16.8 Å². The zero-order valence-electron chi connectivity index (χ0n) is 24.7. The minimum absolute atomic E-state index is 0.0290. The third-order valence-electron chi connectivity index (χ3n) is 6.56. The standard InChI is InChI=1S/C33H38N4O5/c1-6-23-11-15-25(16-12-23)29(30(39)35-27-10-8-7-9-22(27)2)37(20-19-34)31(40)28(36-32(41)42-33(3,4)5)21-24-13-17-26(38)18-14-24/h7-18,28-29,38H,6,20-21H2,1-5H3,(H,35,39)(H,36,41). The fourth-order valence-corrected chi connectivity index (χ4v) is 4.41. The number of rotatable bonds is 10. The van der Waals surface area contributed by atoms with Gasteiger partial charge in [-0.05, 0) is 74.6 Å². The van der Waals surface area contributed by atoms with E-state index in [1.165, 1.54) is 17.0 Å². The molecular formula is C33H38N4O5. The molecule has 0 aliphatic carbocycles. The Morgan fingerprint density at radius 2 is 1.60 bits per heavy atom. The first-order chi connectivity index (χ1) is 19.9. The fourth-order valence-electron chi connectivity index (χ4n) is 4.41. The van der Waals surface area contributed by atoms with Crippen LogP contribution in [0.1, 0.15) is 56.0 Å². The van der Waals surface area contributed by atoms with Crippen molar-refractivity contribution in [2.45, 2.75) is 65.1 Å². The summed E-state index contributed by atoms with van der Waals surface area (Å²) < 4.78 is 5.42. The summed E-state index contributed by atoms with van der Waals surface area (Å²) in [5, 5.41) is 25.1. The van der Waals surface area contributed by atoms with E-state index in [1.54, 1.807) is 57.2 Å². The number of nitrogens with zero attached hydrogens (tertiary/aromatic N) is 2. The van der Waals surface area contributed by atoms with Crippen molar-refractivity contribution in [3.05, 3.63) is 95.1 Å². The number of aryl methyl sites for hydroxylation is 2. The summed E-state index contributed by atoms with van der Waals surface area (Å²) in [6.45, 7) is 8.57. The number of anilines is 1. The second-order valence-corrected chi connectivity index (χ2v) is 11.0. The van der Waals surface area contributed by atoms with Gasteiger partial charge >= 0.3 is 6.09 Å². The van der Waals surface area contributed by atoms with E-state index in [2.05, 4.69) is 10.6 Å². The lowest BCUT2D eigenvalue weighted by atomic mass is 9.98. The molecule has 0 saturated carbocycles. The number of alkyl carbamates (subject to hydrolysis) is 1. The first kappa shape index (κ1) is 31.7. The number of benzene rings is 3. The van der Waals surface area contributed by atoms with Gasteiger partial charge in [-0.15, -0.1) is 0 Å². The Bertz CT molecular complexity index is 1420. The molecule has 9 nitrogen and oxygen atoms in total. The number of carbonyl (C=O) groups is 3. The maximum Gasteiger partial charge on any atom is 0.408 e. The zero-order chi connectivity index (χ0) is 30.9. The highest BCUT2D eigenvalue weighted by atomic mass is 16.6. The quantitative estimate of drug-likeness (QED) is 0.279. The van der Waals surface area contributed by atoms with Crippen LogP contribution in [0.15, 0.2) is 72.8 Å². The SMILES string of the molecule is CCc1ccc(C(C(=O)Nc2ccccc2C)N(CC#N)C(=O)C(Cc2ccc(O)cc2)NC(=O)OC(C)(C)C)cc1. The van der Waals surface area contributed by atoms with Crippen LogP contribution in [-0.2, 0) is 27.2 Å². The molecule has 0 heterocycles. The molecule has 2 atom stereocenters. The fraction of sp³-hybridized carbons (Fsp3) is 0.333.